The van der Waals surface area contributed by atoms with Gasteiger partial charge in [-0.1, -0.05) is 6.42 Å². The number of nitrogens with zero attached hydrogens (tertiary/aromatic N) is 1. The number of Topliss-reactive ketones (excluding diaryl/α,β-unsaturated/α-hetero) is 1. The molecule has 1 fully saturated rings. The van der Waals surface area contributed by atoms with Gasteiger partial charge in [0.25, 0.3) is 0 Å². The number of hydrogen-bond donors (Lipinski definition) is 0. The minimum Gasteiger partial charge on any atom is -0.454 e. The van der Waals surface area contributed by atoms with Crippen molar-refractivity contribution in [2.24, 2.45) is 5.92 Å². The Hall–Kier alpha value is -0.446. The second kappa shape index (κ2) is 9.00. The van der Waals surface area contributed by atoms with Gasteiger partial charge < -0.3 is 23.3 Å². The molecule has 2 unspecified atom stereocenters. The SMILES string of the molecule is [CH2-]C.[CH2-]C1CCN(C(C)C(=O)c2ccc3c(c2)OCO3)C1.[Y]. The van der Waals surface area contributed by atoms with E-state index in [1.807, 2.05) is 13.0 Å². The first kappa shape index (κ1) is 19.6. The fourth-order valence-electron chi connectivity index (χ4n) is 2.67. The first-order chi connectivity index (χ1) is 10.1. The van der Waals surface area contributed by atoms with Crippen LogP contribution < -0.4 is 9.47 Å². The fourth-order valence-corrected chi connectivity index (χ4v) is 2.67. The quantitative estimate of drug-likeness (QED) is 0.599. The van der Waals surface area contributed by atoms with Gasteiger partial charge in [0, 0.05) is 38.3 Å². The molecule has 22 heavy (non-hydrogen) atoms. The Morgan fingerprint density at radius 2 is 2.00 bits per heavy atom. The van der Waals surface area contributed by atoms with Gasteiger partial charge in [-0.25, -0.2) is 0 Å². The van der Waals surface area contributed by atoms with Gasteiger partial charge in [-0.15, -0.1) is 0 Å². The third-order valence-electron chi connectivity index (χ3n) is 3.90. The molecular weight excluding hydrogens is 355 g/mol. The maximum atomic E-state index is 12.5. The maximum absolute atomic E-state index is 12.5. The number of carbonyl (C=O) groups excluding carboxylic acids is 1. The van der Waals surface area contributed by atoms with E-state index < -0.39 is 0 Å². The zero-order chi connectivity index (χ0) is 15.4. The van der Waals surface area contributed by atoms with E-state index in [1.165, 1.54) is 0 Å². The normalized spacial score (nSPS) is 20.6. The van der Waals surface area contributed by atoms with Crippen molar-refractivity contribution in [1.29, 1.82) is 0 Å². The molecule has 2 aliphatic heterocycles. The number of ether oxygens (including phenoxy) is 2. The van der Waals surface area contributed by atoms with Gasteiger partial charge in [-0.05, 0) is 38.2 Å². The van der Waals surface area contributed by atoms with Crippen molar-refractivity contribution in [2.75, 3.05) is 19.9 Å². The van der Waals surface area contributed by atoms with Crippen LogP contribution in [0.5, 0.6) is 11.5 Å². The fraction of sp³-hybridized carbons (Fsp3) is 0.471. The first-order valence-corrected chi connectivity index (χ1v) is 7.37. The largest absolute Gasteiger partial charge is 0.454 e. The molecule has 0 N–H and O–H groups in total. The van der Waals surface area contributed by atoms with Crippen LogP contribution >= 0.6 is 0 Å². The summed E-state index contributed by atoms with van der Waals surface area (Å²) < 4.78 is 10.6. The van der Waals surface area contributed by atoms with E-state index in [2.05, 4.69) is 18.7 Å². The van der Waals surface area contributed by atoms with Crippen molar-refractivity contribution in [3.8, 4) is 11.5 Å². The molecule has 3 rings (SSSR count). The third kappa shape index (κ3) is 4.30. The van der Waals surface area contributed by atoms with Crippen molar-refractivity contribution < 1.29 is 47.0 Å². The van der Waals surface area contributed by atoms with E-state index in [0.29, 0.717) is 23.0 Å². The smallest absolute Gasteiger partial charge is 0.231 e. The Kier molecular flexibility index (Phi) is 8.02. The molecule has 0 amide bonds. The summed E-state index contributed by atoms with van der Waals surface area (Å²) >= 11 is 0. The number of benzene rings is 1. The van der Waals surface area contributed by atoms with Crippen molar-refractivity contribution >= 4 is 5.78 Å². The summed E-state index contributed by atoms with van der Waals surface area (Å²) in [5.41, 5.74) is 0.685. The minimum atomic E-state index is -0.105. The van der Waals surface area contributed by atoms with E-state index in [9.17, 15) is 4.79 Å². The molecule has 0 aromatic heterocycles. The number of hydrogen-bond acceptors (Lipinski definition) is 4. The summed E-state index contributed by atoms with van der Waals surface area (Å²) in [5.74, 6) is 1.94. The van der Waals surface area contributed by atoms with Crippen molar-refractivity contribution in [3.05, 3.63) is 37.6 Å². The third-order valence-corrected chi connectivity index (χ3v) is 3.90. The van der Waals surface area contributed by atoms with Gasteiger partial charge >= 0.3 is 0 Å². The van der Waals surface area contributed by atoms with Crippen LogP contribution in [-0.4, -0.2) is 36.6 Å². The van der Waals surface area contributed by atoms with Crippen LogP contribution in [0.4, 0.5) is 0 Å². The van der Waals surface area contributed by atoms with Crippen LogP contribution in [0.1, 0.15) is 30.6 Å². The number of rotatable bonds is 3. The number of likely N-dealkylation sites (tertiary alicyclic amines) is 1. The molecule has 2 heterocycles. The molecule has 4 nitrogen and oxygen atoms in total. The zero-order valence-corrected chi connectivity index (χ0v) is 16.2. The van der Waals surface area contributed by atoms with Gasteiger partial charge in [-0.2, -0.15) is 12.8 Å². The molecule has 2 aliphatic rings. The summed E-state index contributed by atoms with van der Waals surface area (Å²) in [7, 11) is 0. The Labute approximate surface area is 158 Å². The second-order valence-electron chi connectivity index (χ2n) is 5.26. The number of carbonyl (C=O) groups is 1. The maximum Gasteiger partial charge on any atom is 0.231 e. The topological polar surface area (TPSA) is 38.8 Å². The summed E-state index contributed by atoms with van der Waals surface area (Å²) in [5, 5.41) is 0. The van der Waals surface area contributed by atoms with Crippen molar-refractivity contribution in [1.82, 2.24) is 4.90 Å². The van der Waals surface area contributed by atoms with E-state index in [-0.39, 0.29) is 51.3 Å². The molecule has 1 aromatic rings. The average Bonchev–Trinajstić information content (AvgIpc) is 3.15. The summed E-state index contributed by atoms with van der Waals surface area (Å²) in [6.07, 6.45) is 1.07. The number of fused-ring (bicyclic) bond motifs is 1. The van der Waals surface area contributed by atoms with E-state index in [4.69, 9.17) is 9.47 Å². The Morgan fingerprint density at radius 1 is 1.32 bits per heavy atom. The van der Waals surface area contributed by atoms with Crippen molar-refractivity contribution in [2.45, 2.75) is 26.3 Å². The Bertz CT molecular complexity index is 507. The van der Waals surface area contributed by atoms with Gasteiger partial charge in [0.1, 0.15) is 0 Å². The molecule has 2 atom stereocenters. The molecule has 0 bridgehead atoms. The van der Waals surface area contributed by atoms with Gasteiger partial charge in [-0.3, -0.25) is 9.69 Å². The van der Waals surface area contributed by atoms with E-state index >= 15 is 0 Å². The van der Waals surface area contributed by atoms with Crippen LogP contribution in [0.15, 0.2) is 18.2 Å². The Balaban J connectivity index is 0.000000775. The predicted molar refractivity (Wildman–Crippen MR) is 82.4 cm³/mol. The number of ketones is 1. The Morgan fingerprint density at radius 3 is 2.64 bits per heavy atom. The van der Waals surface area contributed by atoms with E-state index in [0.717, 1.165) is 19.5 Å². The molecular formula is C17H23NO3Y-2. The molecule has 1 radical (unpaired) electrons. The molecule has 1 aromatic carbocycles. The van der Waals surface area contributed by atoms with Crippen molar-refractivity contribution in [3.63, 3.8) is 0 Å². The summed E-state index contributed by atoms with van der Waals surface area (Å²) in [6.45, 7) is 13.1. The minimum absolute atomic E-state index is 0. The van der Waals surface area contributed by atoms with E-state index in [1.54, 1.807) is 19.1 Å². The summed E-state index contributed by atoms with van der Waals surface area (Å²) in [4.78, 5) is 14.7. The predicted octanol–water partition coefficient (Wildman–Crippen LogP) is 2.98. The molecule has 0 spiro atoms. The molecule has 1 saturated heterocycles. The zero-order valence-electron chi connectivity index (χ0n) is 13.4. The van der Waals surface area contributed by atoms with Gasteiger partial charge in [0.15, 0.2) is 17.3 Å². The van der Waals surface area contributed by atoms with Crippen LogP contribution in [0.2, 0.25) is 0 Å². The average molecular weight is 378 g/mol. The van der Waals surface area contributed by atoms with Gasteiger partial charge in [0.2, 0.25) is 6.79 Å². The molecule has 0 aliphatic carbocycles. The van der Waals surface area contributed by atoms with Crippen LogP contribution in [0, 0.1) is 19.8 Å². The summed E-state index contributed by atoms with van der Waals surface area (Å²) in [6, 6.07) is 5.28. The monoisotopic (exact) mass is 378 g/mol. The first-order valence-electron chi connectivity index (χ1n) is 7.37. The van der Waals surface area contributed by atoms with Crippen LogP contribution in [-0.2, 0) is 32.7 Å². The molecule has 0 saturated carbocycles. The molecule has 5 heteroatoms. The van der Waals surface area contributed by atoms with Crippen LogP contribution in [0.3, 0.4) is 0 Å². The standard InChI is InChI=1S/C15H18NO3.C2H5.Y/c1-10-5-6-16(8-10)11(2)15(17)12-3-4-13-14(7-12)19-9-18-13;1-2;/h3-4,7,10-11H,1,5-6,8-9H2,2H3;1H2,2H3;/q2*-1;. The van der Waals surface area contributed by atoms with Crippen LogP contribution in [0.25, 0.3) is 0 Å². The van der Waals surface area contributed by atoms with Gasteiger partial charge in [0.05, 0.1) is 6.04 Å². The molecule has 119 valence electrons. The second-order valence-corrected chi connectivity index (χ2v) is 5.26.